The minimum absolute atomic E-state index is 0.461. The Morgan fingerprint density at radius 3 is 2.88 bits per heavy atom. The van der Waals surface area contributed by atoms with Gasteiger partial charge in [0.15, 0.2) is 0 Å². The van der Waals surface area contributed by atoms with Crippen LogP contribution >= 0.6 is 11.6 Å². The predicted molar refractivity (Wildman–Crippen MR) is 67.1 cm³/mol. The highest BCUT2D eigenvalue weighted by Gasteiger charge is 2.03. The Bertz CT molecular complexity index is 508. The Kier molecular flexibility index (Phi) is 3.58. The second kappa shape index (κ2) is 5.14. The standard InChI is InChI=1S/C11H14ClN5/c1-3-10-15-9(12)4-11(16-10)13-5-8-6-14-17-7(8)2/h4,6H,3,5H2,1-2H3,(H,14,17)(H,13,15,16). The first-order valence-electron chi connectivity index (χ1n) is 5.45. The molecule has 0 amide bonds. The Morgan fingerprint density at radius 2 is 2.24 bits per heavy atom. The molecule has 17 heavy (non-hydrogen) atoms. The van der Waals surface area contributed by atoms with Gasteiger partial charge in [-0.2, -0.15) is 5.10 Å². The Morgan fingerprint density at radius 1 is 1.41 bits per heavy atom. The van der Waals surface area contributed by atoms with E-state index >= 15 is 0 Å². The van der Waals surface area contributed by atoms with E-state index in [1.807, 2.05) is 13.8 Å². The fourth-order valence-electron chi connectivity index (χ4n) is 1.45. The van der Waals surface area contributed by atoms with Crippen LogP contribution in [0.5, 0.6) is 0 Å². The number of rotatable bonds is 4. The molecule has 0 aliphatic rings. The van der Waals surface area contributed by atoms with Gasteiger partial charge in [-0.15, -0.1) is 0 Å². The molecule has 0 aliphatic carbocycles. The van der Waals surface area contributed by atoms with Crippen molar-refractivity contribution in [2.24, 2.45) is 0 Å². The summed E-state index contributed by atoms with van der Waals surface area (Å²) in [6.07, 6.45) is 2.56. The highest BCUT2D eigenvalue weighted by molar-refractivity contribution is 6.29. The Hall–Kier alpha value is -1.62. The number of aryl methyl sites for hydroxylation is 2. The van der Waals surface area contributed by atoms with Crippen LogP contribution in [0, 0.1) is 6.92 Å². The highest BCUT2D eigenvalue weighted by atomic mass is 35.5. The molecule has 2 heterocycles. The second-order valence-corrected chi connectivity index (χ2v) is 4.11. The van der Waals surface area contributed by atoms with E-state index in [0.29, 0.717) is 11.7 Å². The fraction of sp³-hybridized carbons (Fsp3) is 0.364. The molecule has 0 radical (unpaired) electrons. The maximum atomic E-state index is 5.91. The van der Waals surface area contributed by atoms with Crippen molar-refractivity contribution >= 4 is 17.4 Å². The third-order valence-electron chi connectivity index (χ3n) is 2.45. The minimum Gasteiger partial charge on any atom is -0.366 e. The monoisotopic (exact) mass is 251 g/mol. The molecule has 0 aromatic carbocycles. The van der Waals surface area contributed by atoms with Gasteiger partial charge in [-0.25, -0.2) is 9.97 Å². The molecule has 0 fully saturated rings. The molecule has 2 aromatic heterocycles. The van der Waals surface area contributed by atoms with E-state index in [1.165, 1.54) is 0 Å². The molecule has 0 atom stereocenters. The van der Waals surface area contributed by atoms with E-state index in [-0.39, 0.29) is 0 Å². The van der Waals surface area contributed by atoms with Crippen LogP contribution < -0.4 is 5.32 Å². The molecule has 0 aliphatic heterocycles. The van der Waals surface area contributed by atoms with Gasteiger partial charge in [-0.05, 0) is 6.92 Å². The number of aromatic nitrogens is 4. The molecular formula is C11H14ClN5. The largest absolute Gasteiger partial charge is 0.366 e. The summed E-state index contributed by atoms with van der Waals surface area (Å²) >= 11 is 5.91. The maximum Gasteiger partial charge on any atom is 0.134 e. The molecule has 2 aromatic rings. The molecule has 6 heteroatoms. The number of anilines is 1. The molecule has 0 bridgehead atoms. The average molecular weight is 252 g/mol. The Labute approximate surface area is 105 Å². The number of hydrogen-bond acceptors (Lipinski definition) is 4. The SMILES string of the molecule is CCc1nc(Cl)cc(NCc2cn[nH]c2C)n1. The summed E-state index contributed by atoms with van der Waals surface area (Å²) in [4.78, 5) is 8.45. The summed E-state index contributed by atoms with van der Waals surface area (Å²) in [6.45, 7) is 4.64. The zero-order chi connectivity index (χ0) is 12.3. The van der Waals surface area contributed by atoms with Crippen LogP contribution in [0.15, 0.2) is 12.3 Å². The van der Waals surface area contributed by atoms with Gasteiger partial charge in [0, 0.05) is 30.3 Å². The first-order valence-corrected chi connectivity index (χ1v) is 5.83. The van der Waals surface area contributed by atoms with Gasteiger partial charge in [0.25, 0.3) is 0 Å². The van der Waals surface area contributed by atoms with Crippen LogP contribution in [-0.4, -0.2) is 20.2 Å². The summed E-state index contributed by atoms with van der Waals surface area (Å²) in [7, 11) is 0. The van der Waals surface area contributed by atoms with Crippen molar-refractivity contribution in [3.8, 4) is 0 Å². The molecule has 0 saturated heterocycles. The summed E-state index contributed by atoms with van der Waals surface area (Å²) in [5.41, 5.74) is 2.16. The molecular weight excluding hydrogens is 238 g/mol. The fourth-order valence-corrected chi connectivity index (χ4v) is 1.65. The van der Waals surface area contributed by atoms with Crippen LogP contribution in [0.25, 0.3) is 0 Å². The van der Waals surface area contributed by atoms with E-state index in [0.717, 1.165) is 29.3 Å². The van der Waals surface area contributed by atoms with E-state index in [1.54, 1.807) is 12.3 Å². The van der Waals surface area contributed by atoms with E-state index in [4.69, 9.17) is 11.6 Å². The number of nitrogens with zero attached hydrogens (tertiary/aromatic N) is 3. The smallest absolute Gasteiger partial charge is 0.134 e. The molecule has 0 saturated carbocycles. The van der Waals surface area contributed by atoms with Crippen molar-refractivity contribution in [2.75, 3.05) is 5.32 Å². The van der Waals surface area contributed by atoms with E-state index < -0.39 is 0 Å². The van der Waals surface area contributed by atoms with Crippen LogP contribution in [0.4, 0.5) is 5.82 Å². The van der Waals surface area contributed by atoms with Gasteiger partial charge < -0.3 is 5.32 Å². The van der Waals surface area contributed by atoms with Gasteiger partial charge in [0.2, 0.25) is 0 Å². The van der Waals surface area contributed by atoms with Gasteiger partial charge in [-0.1, -0.05) is 18.5 Å². The van der Waals surface area contributed by atoms with Crippen molar-refractivity contribution in [1.82, 2.24) is 20.2 Å². The van der Waals surface area contributed by atoms with Gasteiger partial charge in [-0.3, -0.25) is 5.10 Å². The Balaban J connectivity index is 2.09. The van der Waals surface area contributed by atoms with E-state index in [2.05, 4.69) is 25.5 Å². The summed E-state index contributed by atoms with van der Waals surface area (Å²) in [5, 5.41) is 10.5. The van der Waals surface area contributed by atoms with Crippen molar-refractivity contribution in [3.05, 3.63) is 34.5 Å². The zero-order valence-electron chi connectivity index (χ0n) is 9.79. The molecule has 0 spiro atoms. The van der Waals surface area contributed by atoms with Gasteiger partial charge in [0.05, 0.1) is 6.20 Å². The quantitative estimate of drug-likeness (QED) is 0.819. The zero-order valence-corrected chi connectivity index (χ0v) is 10.5. The number of hydrogen-bond donors (Lipinski definition) is 2. The lowest BCUT2D eigenvalue weighted by atomic mass is 10.2. The van der Waals surface area contributed by atoms with Gasteiger partial charge >= 0.3 is 0 Å². The van der Waals surface area contributed by atoms with Crippen LogP contribution in [0.2, 0.25) is 5.15 Å². The molecule has 2 N–H and O–H groups in total. The van der Waals surface area contributed by atoms with Crippen molar-refractivity contribution in [3.63, 3.8) is 0 Å². The molecule has 90 valence electrons. The highest BCUT2D eigenvalue weighted by Crippen LogP contribution is 2.13. The lowest BCUT2D eigenvalue weighted by Gasteiger charge is -2.06. The van der Waals surface area contributed by atoms with Crippen LogP contribution in [0.3, 0.4) is 0 Å². The number of aromatic amines is 1. The molecule has 5 nitrogen and oxygen atoms in total. The van der Waals surface area contributed by atoms with Crippen molar-refractivity contribution in [2.45, 2.75) is 26.8 Å². The van der Waals surface area contributed by atoms with Crippen LogP contribution in [0.1, 0.15) is 24.0 Å². The topological polar surface area (TPSA) is 66.5 Å². The first kappa shape index (κ1) is 11.9. The van der Waals surface area contributed by atoms with Crippen LogP contribution in [-0.2, 0) is 13.0 Å². The third kappa shape index (κ3) is 2.94. The third-order valence-corrected chi connectivity index (χ3v) is 2.65. The number of halogens is 1. The minimum atomic E-state index is 0.461. The lowest BCUT2D eigenvalue weighted by molar-refractivity contribution is 0.932. The maximum absolute atomic E-state index is 5.91. The number of nitrogens with one attached hydrogen (secondary N) is 2. The predicted octanol–water partition coefficient (Wildman–Crippen LogP) is 2.34. The van der Waals surface area contributed by atoms with Gasteiger partial charge in [0.1, 0.15) is 16.8 Å². The summed E-state index contributed by atoms with van der Waals surface area (Å²) < 4.78 is 0. The number of H-pyrrole nitrogens is 1. The van der Waals surface area contributed by atoms with Crippen molar-refractivity contribution < 1.29 is 0 Å². The average Bonchev–Trinajstić information content (AvgIpc) is 2.71. The molecule has 0 unspecified atom stereocenters. The second-order valence-electron chi connectivity index (χ2n) is 3.72. The summed E-state index contributed by atoms with van der Waals surface area (Å²) in [5.74, 6) is 1.48. The summed E-state index contributed by atoms with van der Waals surface area (Å²) in [6, 6.07) is 1.72. The van der Waals surface area contributed by atoms with E-state index in [9.17, 15) is 0 Å². The lowest BCUT2D eigenvalue weighted by Crippen LogP contribution is -2.04. The van der Waals surface area contributed by atoms with Crippen molar-refractivity contribution in [1.29, 1.82) is 0 Å². The first-order chi connectivity index (χ1) is 8.19. The normalized spacial score (nSPS) is 10.5. The molecule has 2 rings (SSSR count).